The maximum absolute atomic E-state index is 5.54. The van der Waals surface area contributed by atoms with Crippen molar-refractivity contribution in [1.82, 2.24) is 5.48 Å². The van der Waals surface area contributed by atoms with E-state index in [-0.39, 0.29) is 5.41 Å². The summed E-state index contributed by atoms with van der Waals surface area (Å²) in [5.41, 5.74) is 4.74. The van der Waals surface area contributed by atoms with Crippen molar-refractivity contribution in [2.24, 2.45) is 5.41 Å². The third kappa shape index (κ3) is 5.02. The van der Waals surface area contributed by atoms with Crippen molar-refractivity contribution < 1.29 is 4.53 Å². The van der Waals surface area contributed by atoms with Gasteiger partial charge in [0.05, 0.1) is 0 Å². The van der Waals surface area contributed by atoms with Crippen molar-refractivity contribution in [3.8, 4) is 0 Å². The molecule has 17 heavy (non-hydrogen) atoms. The van der Waals surface area contributed by atoms with Crippen molar-refractivity contribution in [3.63, 3.8) is 0 Å². The molecule has 95 valence electrons. The highest BCUT2D eigenvalue weighted by Gasteiger charge is 2.25. The highest BCUT2D eigenvalue weighted by atomic mass is 28.3. The molecule has 2 nitrogen and oxygen atoms in total. The predicted octanol–water partition coefficient (Wildman–Crippen LogP) is 3.59. The fraction of sp³-hybridized carbons (Fsp3) is 0.571. The van der Waals surface area contributed by atoms with Gasteiger partial charge in [0.25, 0.3) is 0 Å². The first-order valence-corrected chi connectivity index (χ1v) is 8.57. The van der Waals surface area contributed by atoms with Gasteiger partial charge >= 0.3 is 0 Å². The molecule has 1 aromatic rings. The van der Waals surface area contributed by atoms with Crippen molar-refractivity contribution in [3.05, 3.63) is 35.9 Å². The van der Waals surface area contributed by atoms with E-state index in [9.17, 15) is 0 Å². The van der Waals surface area contributed by atoms with Crippen LogP contribution in [0.2, 0.25) is 13.1 Å². The first-order valence-electron chi connectivity index (χ1n) is 6.16. The molecule has 0 aliphatic heterocycles. The molecule has 0 fully saturated rings. The maximum atomic E-state index is 5.54. The number of hydrogen-bond donors (Lipinski definition) is 1. The average Bonchev–Trinajstić information content (AvgIpc) is 2.23. The Labute approximate surface area is 107 Å². The van der Waals surface area contributed by atoms with Crippen molar-refractivity contribution in [1.29, 1.82) is 0 Å². The molecule has 0 aliphatic rings. The topological polar surface area (TPSA) is 21.3 Å². The maximum Gasteiger partial charge on any atom is 0.235 e. The molecule has 3 heteroatoms. The fourth-order valence-electron chi connectivity index (χ4n) is 1.88. The monoisotopic (exact) mass is 250 g/mol. The van der Waals surface area contributed by atoms with Gasteiger partial charge in [-0.3, -0.25) is 0 Å². The van der Waals surface area contributed by atoms with Crippen LogP contribution in [-0.4, -0.2) is 15.6 Å². The van der Waals surface area contributed by atoms with E-state index in [1.165, 1.54) is 5.56 Å². The lowest BCUT2D eigenvalue weighted by Crippen LogP contribution is -2.32. The van der Waals surface area contributed by atoms with Crippen LogP contribution in [0.15, 0.2) is 30.3 Å². The Morgan fingerprint density at radius 1 is 1.18 bits per heavy atom. The molecule has 0 bridgehead atoms. The van der Waals surface area contributed by atoms with E-state index < -0.39 is 9.04 Å². The Kier molecular flexibility index (Phi) is 5.37. The molecule has 0 saturated heterocycles. The summed E-state index contributed by atoms with van der Waals surface area (Å²) in [6, 6.07) is 10.7. The number of hydrogen-bond acceptors (Lipinski definition) is 2. The number of benzene rings is 1. The third-order valence-corrected chi connectivity index (χ3v) is 3.36. The molecule has 1 radical (unpaired) electrons. The van der Waals surface area contributed by atoms with Crippen LogP contribution in [0.25, 0.3) is 0 Å². The first kappa shape index (κ1) is 14.4. The third-order valence-electron chi connectivity index (χ3n) is 2.81. The van der Waals surface area contributed by atoms with Gasteiger partial charge in [-0.15, -0.1) is 0 Å². The van der Waals surface area contributed by atoms with Gasteiger partial charge in [-0.25, -0.2) is 5.48 Å². The summed E-state index contributed by atoms with van der Waals surface area (Å²) < 4.78 is 5.54. The summed E-state index contributed by atoms with van der Waals surface area (Å²) in [6.07, 6.45) is 0. The van der Waals surface area contributed by atoms with Crippen LogP contribution in [0, 0.1) is 5.41 Å². The van der Waals surface area contributed by atoms with Crippen molar-refractivity contribution in [2.75, 3.05) is 6.54 Å². The van der Waals surface area contributed by atoms with Gasteiger partial charge in [0.2, 0.25) is 9.04 Å². The van der Waals surface area contributed by atoms with Gasteiger partial charge in [0, 0.05) is 12.5 Å². The second-order valence-electron chi connectivity index (χ2n) is 5.69. The zero-order chi connectivity index (χ0) is 12.9. The zero-order valence-electron chi connectivity index (χ0n) is 11.6. The van der Waals surface area contributed by atoms with Gasteiger partial charge in [-0.05, 0) is 24.1 Å². The van der Waals surface area contributed by atoms with Crippen LogP contribution < -0.4 is 5.48 Å². The van der Waals surface area contributed by atoms with E-state index in [1.807, 2.05) is 0 Å². The summed E-state index contributed by atoms with van der Waals surface area (Å²) in [5, 5.41) is 0. The predicted molar refractivity (Wildman–Crippen MR) is 75.2 cm³/mol. The average molecular weight is 250 g/mol. The Hall–Kier alpha value is -0.643. The molecule has 0 spiro atoms. The Morgan fingerprint density at radius 3 is 2.24 bits per heavy atom. The molecule has 0 amide bonds. The van der Waals surface area contributed by atoms with E-state index >= 15 is 0 Å². The minimum atomic E-state index is -0.668. The molecule has 1 rings (SSSR count). The van der Waals surface area contributed by atoms with Gasteiger partial charge in [-0.1, -0.05) is 51.1 Å². The van der Waals surface area contributed by atoms with Crippen molar-refractivity contribution in [2.45, 2.75) is 39.8 Å². The number of nitrogens with one attached hydrogen (secondary N) is 1. The van der Waals surface area contributed by atoms with Crippen LogP contribution in [0.1, 0.15) is 32.3 Å². The zero-order valence-corrected chi connectivity index (χ0v) is 12.6. The minimum Gasteiger partial charge on any atom is -0.346 e. The highest BCUT2D eigenvalue weighted by Crippen LogP contribution is 2.34. The summed E-state index contributed by atoms with van der Waals surface area (Å²) in [5.74, 6) is 0.463. The molecular weight excluding hydrogens is 226 g/mol. The lowest BCUT2D eigenvalue weighted by atomic mass is 9.76. The quantitative estimate of drug-likeness (QED) is 0.637. The van der Waals surface area contributed by atoms with Crippen molar-refractivity contribution >= 4 is 9.04 Å². The van der Waals surface area contributed by atoms with Gasteiger partial charge in [0.15, 0.2) is 0 Å². The van der Waals surface area contributed by atoms with E-state index in [1.54, 1.807) is 0 Å². The summed E-state index contributed by atoms with van der Waals surface area (Å²) >= 11 is 0. The van der Waals surface area contributed by atoms with Crippen LogP contribution in [-0.2, 0) is 4.53 Å². The van der Waals surface area contributed by atoms with E-state index in [4.69, 9.17) is 4.53 Å². The molecule has 0 heterocycles. The SMILES string of the molecule is C[Si](C)ONCC(c1ccccc1)C(C)(C)C. The molecule has 1 unspecified atom stereocenters. The Bertz CT molecular complexity index is 319. The molecular formula is C14H24NOSi. The molecule has 0 aromatic heterocycles. The molecule has 0 saturated carbocycles. The first-order chi connectivity index (χ1) is 7.91. The standard InChI is InChI=1S/C14H24NOSi/c1-14(2,3)13(11-15-16-17(4)5)12-9-7-6-8-10-12/h6-10,13,15H,11H2,1-5H3. The molecule has 0 aliphatic carbocycles. The van der Waals surface area contributed by atoms with E-state index in [0.29, 0.717) is 5.92 Å². The second kappa shape index (κ2) is 6.33. The van der Waals surface area contributed by atoms with Crippen LogP contribution in [0.4, 0.5) is 0 Å². The van der Waals surface area contributed by atoms with Crippen LogP contribution in [0.5, 0.6) is 0 Å². The molecule has 1 aromatic carbocycles. The van der Waals surface area contributed by atoms with Crippen LogP contribution >= 0.6 is 0 Å². The van der Waals surface area contributed by atoms with Gasteiger partial charge in [-0.2, -0.15) is 0 Å². The summed E-state index contributed by atoms with van der Waals surface area (Å²) in [6.45, 7) is 11.9. The largest absolute Gasteiger partial charge is 0.346 e. The molecule has 1 atom stereocenters. The van der Waals surface area contributed by atoms with Gasteiger partial charge < -0.3 is 4.53 Å². The lowest BCUT2D eigenvalue weighted by molar-refractivity contribution is 0.164. The summed E-state index contributed by atoms with van der Waals surface area (Å²) in [4.78, 5) is 0. The smallest absolute Gasteiger partial charge is 0.235 e. The summed E-state index contributed by atoms with van der Waals surface area (Å²) in [7, 11) is -0.668. The number of rotatable bonds is 5. The van der Waals surface area contributed by atoms with E-state index in [2.05, 4.69) is 69.7 Å². The van der Waals surface area contributed by atoms with Crippen LogP contribution in [0.3, 0.4) is 0 Å². The minimum absolute atomic E-state index is 0.228. The Balaban J connectivity index is 2.69. The van der Waals surface area contributed by atoms with Gasteiger partial charge in [0.1, 0.15) is 0 Å². The number of hydroxylamine groups is 1. The lowest BCUT2D eigenvalue weighted by Gasteiger charge is -2.31. The Morgan fingerprint density at radius 2 is 1.76 bits per heavy atom. The molecule has 1 N–H and O–H groups in total. The highest BCUT2D eigenvalue weighted by molar-refractivity contribution is 6.48. The normalized spacial score (nSPS) is 14.0. The van der Waals surface area contributed by atoms with E-state index in [0.717, 1.165) is 6.54 Å². The fourth-order valence-corrected chi connectivity index (χ4v) is 2.25. The second-order valence-corrected chi connectivity index (χ2v) is 7.71.